The SMILES string of the molecule is CCc1ccc(-n2nc(COC)c3c2NCC3)cc1. The molecule has 0 atom stereocenters. The largest absolute Gasteiger partial charge is 0.378 e. The molecule has 19 heavy (non-hydrogen) atoms. The van der Waals surface area contributed by atoms with Gasteiger partial charge in [0.2, 0.25) is 0 Å². The fourth-order valence-electron chi connectivity index (χ4n) is 2.56. The van der Waals surface area contributed by atoms with E-state index in [-0.39, 0.29) is 0 Å². The van der Waals surface area contributed by atoms with E-state index >= 15 is 0 Å². The van der Waals surface area contributed by atoms with Crippen LogP contribution in [0.25, 0.3) is 5.69 Å². The predicted octanol–water partition coefficient (Wildman–Crippen LogP) is 2.55. The Bertz CT molecular complexity index is 572. The summed E-state index contributed by atoms with van der Waals surface area (Å²) in [5.41, 5.74) is 4.78. The quantitative estimate of drug-likeness (QED) is 0.915. The molecule has 0 amide bonds. The first kappa shape index (κ1) is 12.2. The predicted molar refractivity (Wildman–Crippen MR) is 75.8 cm³/mol. The second-order valence-corrected chi connectivity index (χ2v) is 4.82. The molecule has 0 saturated carbocycles. The minimum Gasteiger partial charge on any atom is -0.378 e. The molecule has 3 rings (SSSR count). The second-order valence-electron chi connectivity index (χ2n) is 4.82. The highest BCUT2D eigenvalue weighted by Gasteiger charge is 2.22. The van der Waals surface area contributed by atoms with E-state index in [1.807, 2.05) is 4.68 Å². The van der Waals surface area contributed by atoms with Gasteiger partial charge in [0.25, 0.3) is 0 Å². The first-order valence-corrected chi connectivity index (χ1v) is 6.76. The summed E-state index contributed by atoms with van der Waals surface area (Å²) in [6.45, 7) is 3.72. The highest BCUT2D eigenvalue weighted by Crippen LogP contribution is 2.29. The molecule has 1 aliphatic rings. The van der Waals surface area contributed by atoms with Crippen molar-refractivity contribution in [1.29, 1.82) is 0 Å². The number of nitrogens with zero attached hydrogens (tertiary/aromatic N) is 2. The third-order valence-corrected chi connectivity index (χ3v) is 3.60. The van der Waals surface area contributed by atoms with Crippen LogP contribution in [0.4, 0.5) is 5.82 Å². The van der Waals surface area contributed by atoms with Gasteiger partial charge in [0, 0.05) is 19.2 Å². The number of aryl methyl sites for hydroxylation is 1. The van der Waals surface area contributed by atoms with E-state index in [1.165, 1.54) is 11.1 Å². The highest BCUT2D eigenvalue weighted by molar-refractivity contribution is 5.57. The lowest BCUT2D eigenvalue weighted by Gasteiger charge is -2.07. The van der Waals surface area contributed by atoms with Crippen molar-refractivity contribution in [1.82, 2.24) is 9.78 Å². The summed E-state index contributed by atoms with van der Waals surface area (Å²) >= 11 is 0. The Morgan fingerprint density at radius 2 is 2.11 bits per heavy atom. The van der Waals surface area contributed by atoms with Gasteiger partial charge in [-0.15, -0.1) is 0 Å². The van der Waals surface area contributed by atoms with Crippen LogP contribution in [0.15, 0.2) is 24.3 Å². The Kier molecular flexibility index (Phi) is 3.25. The van der Waals surface area contributed by atoms with Gasteiger partial charge in [0.1, 0.15) is 5.82 Å². The first-order chi connectivity index (χ1) is 9.33. The Labute approximate surface area is 113 Å². The number of aromatic nitrogens is 2. The van der Waals surface area contributed by atoms with E-state index in [2.05, 4.69) is 41.6 Å². The molecule has 0 fully saturated rings. The van der Waals surface area contributed by atoms with Crippen molar-refractivity contribution in [2.24, 2.45) is 0 Å². The molecule has 1 N–H and O–H groups in total. The van der Waals surface area contributed by atoms with Crippen LogP contribution < -0.4 is 5.32 Å². The molecule has 2 heterocycles. The van der Waals surface area contributed by atoms with Gasteiger partial charge in [-0.05, 0) is 30.5 Å². The maximum Gasteiger partial charge on any atom is 0.133 e. The fourth-order valence-corrected chi connectivity index (χ4v) is 2.56. The smallest absolute Gasteiger partial charge is 0.133 e. The Morgan fingerprint density at radius 3 is 2.79 bits per heavy atom. The molecule has 0 bridgehead atoms. The summed E-state index contributed by atoms with van der Waals surface area (Å²) in [6, 6.07) is 8.58. The summed E-state index contributed by atoms with van der Waals surface area (Å²) < 4.78 is 7.23. The standard InChI is InChI=1S/C15H19N3O/c1-3-11-4-6-12(7-5-11)18-15-13(8-9-16-15)14(17-18)10-19-2/h4-7,16H,3,8-10H2,1-2H3. The van der Waals surface area contributed by atoms with E-state index in [0.29, 0.717) is 6.61 Å². The van der Waals surface area contributed by atoms with Crippen molar-refractivity contribution in [3.8, 4) is 5.69 Å². The van der Waals surface area contributed by atoms with Crippen molar-refractivity contribution >= 4 is 5.82 Å². The van der Waals surface area contributed by atoms with Crippen molar-refractivity contribution < 1.29 is 4.74 Å². The van der Waals surface area contributed by atoms with Crippen LogP contribution in [0.5, 0.6) is 0 Å². The van der Waals surface area contributed by atoms with Gasteiger partial charge in [-0.3, -0.25) is 0 Å². The van der Waals surface area contributed by atoms with E-state index in [0.717, 1.165) is 36.6 Å². The van der Waals surface area contributed by atoms with Gasteiger partial charge in [0.15, 0.2) is 0 Å². The molecule has 0 radical (unpaired) electrons. The van der Waals surface area contributed by atoms with Crippen molar-refractivity contribution in [3.05, 3.63) is 41.1 Å². The van der Waals surface area contributed by atoms with E-state index < -0.39 is 0 Å². The number of hydrogen-bond donors (Lipinski definition) is 1. The molecular formula is C15H19N3O. The van der Waals surface area contributed by atoms with Gasteiger partial charge in [0.05, 0.1) is 18.0 Å². The van der Waals surface area contributed by atoms with Crippen LogP contribution in [-0.4, -0.2) is 23.4 Å². The molecule has 1 aliphatic heterocycles. The van der Waals surface area contributed by atoms with Crippen LogP contribution in [0.2, 0.25) is 0 Å². The van der Waals surface area contributed by atoms with Crippen LogP contribution in [0.3, 0.4) is 0 Å². The lowest BCUT2D eigenvalue weighted by Crippen LogP contribution is -2.05. The summed E-state index contributed by atoms with van der Waals surface area (Å²) in [7, 11) is 1.71. The number of hydrogen-bond acceptors (Lipinski definition) is 3. The zero-order valence-corrected chi connectivity index (χ0v) is 11.4. The zero-order valence-electron chi connectivity index (χ0n) is 11.4. The average Bonchev–Trinajstić information content (AvgIpc) is 3.03. The summed E-state index contributed by atoms with van der Waals surface area (Å²) in [5.74, 6) is 1.12. The number of benzene rings is 1. The number of nitrogens with one attached hydrogen (secondary N) is 1. The Balaban J connectivity index is 2.02. The Morgan fingerprint density at radius 1 is 1.32 bits per heavy atom. The molecule has 4 nitrogen and oxygen atoms in total. The monoisotopic (exact) mass is 257 g/mol. The van der Waals surface area contributed by atoms with Crippen molar-refractivity contribution in [2.75, 3.05) is 19.0 Å². The van der Waals surface area contributed by atoms with Crippen LogP contribution in [0, 0.1) is 0 Å². The second kappa shape index (κ2) is 5.05. The summed E-state index contributed by atoms with van der Waals surface area (Å²) in [4.78, 5) is 0. The molecule has 1 aromatic heterocycles. The molecular weight excluding hydrogens is 238 g/mol. The van der Waals surface area contributed by atoms with Crippen LogP contribution >= 0.6 is 0 Å². The molecule has 0 spiro atoms. The van der Waals surface area contributed by atoms with E-state index in [1.54, 1.807) is 7.11 Å². The minimum absolute atomic E-state index is 0.573. The zero-order chi connectivity index (χ0) is 13.2. The first-order valence-electron chi connectivity index (χ1n) is 6.76. The van der Waals surface area contributed by atoms with Gasteiger partial charge >= 0.3 is 0 Å². The molecule has 0 aliphatic carbocycles. The molecule has 0 unspecified atom stereocenters. The van der Waals surface area contributed by atoms with Gasteiger partial charge in [-0.1, -0.05) is 19.1 Å². The lowest BCUT2D eigenvalue weighted by atomic mass is 10.1. The van der Waals surface area contributed by atoms with Gasteiger partial charge in [-0.25, -0.2) is 4.68 Å². The van der Waals surface area contributed by atoms with Gasteiger partial charge in [-0.2, -0.15) is 5.10 Å². The molecule has 1 aromatic carbocycles. The summed E-state index contributed by atoms with van der Waals surface area (Å²) in [6.07, 6.45) is 2.09. The molecule has 0 saturated heterocycles. The van der Waals surface area contributed by atoms with Gasteiger partial charge < -0.3 is 10.1 Å². The third kappa shape index (κ3) is 2.12. The van der Waals surface area contributed by atoms with E-state index in [9.17, 15) is 0 Å². The third-order valence-electron chi connectivity index (χ3n) is 3.60. The average molecular weight is 257 g/mol. The maximum atomic E-state index is 5.24. The molecule has 2 aromatic rings. The number of methoxy groups -OCH3 is 1. The summed E-state index contributed by atoms with van der Waals surface area (Å²) in [5, 5.41) is 8.10. The highest BCUT2D eigenvalue weighted by atomic mass is 16.5. The van der Waals surface area contributed by atoms with Crippen molar-refractivity contribution in [2.45, 2.75) is 26.4 Å². The Hall–Kier alpha value is -1.81. The maximum absolute atomic E-state index is 5.24. The van der Waals surface area contributed by atoms with Crippen molar-refractivity contribution in [3.63, 3.8) is 0 Å². The van der Waals surface area contributed by atoms with Crippen LogP contribution in [0.1, 0.15) is 23.7 Å². The number of ether oxygens (including phenoxy) is 1. The number of rotatable bonds is 4. The van der Waals surface area contributed by atoms with Crippen LogP contribution in [-0.2, 0) is 24.2 Å². The normalized spacial score (nSPS) is 13.4. The number of fused-ring (bicyclic) bond motifs is 1. The fraction of sp³-hybridized carbons (Fsp3) is 0.400. The minimum atomic E-state index is 0.573. The molecule has 100 valence electrons. The van der Waals surface area contributed by atoms with E-state index in [4.69, 9.17) is 4.74 Å². The molecule has 4 heteroatoms. The lowest BCUT2D eigenvalue weighted by molar-refractivity contribution is 0.180. The number of anilines is 1. The topological polar surface area (TPSA) is 39.1 Å².